The quantitative estimate of drug-likeness (QED) is 0.831. The Balaban J connectivity index is 1.64. The van der Waals surface area contributed by atoms with Crippen LogP contribution < -0.4 is 10.6 Å². The molecule has 2 aromatic rings. The molecule has 0 atom stereocenters. The summed E-state index contributed by atoms with van der Waals surface area (Å²) in [7, 11) is 0. The second-order valence-corrected chi connectivity index (χ2v) is 5.67. The molecule has 1 saturated heterocycles. The van der Waals surface area contributed by atoms with Crippen LogP contribution in [-0.4, -0.2) is 56.1 Å². The molecular formula is C15H19N7O2. The molecule has 9 nitrogen and oxygen atoms in total. The van der Waals surface area contributed by atoms with E-state index in [1.165, 1.54) is 0 Å². The molecule has 3 heterocycles. The van der Waals surface area contributed by atoms with Gasteiger partial charge in [0.05, 0.1) is 11.9 Å². The number of carbonyl (C=O) groups excluding carboxylic acids is 2. The molecule has 2 N–H and O–H groups in total. The number of nitrogens with two attached hydrogens (primary N) is 1. The van der Waals surface area contributed by atoms with Crippen molar-refractivity contribution in [3.8, 4) is 0 Å². The van der Waals surface area contributed by atoms with E-state index < -0.39 is 0 Å². The number of amides is 2. The molecule has 0 bridgehead atoms. The van der Waals surface area contributed by atoms with Crippen LogP contribution >= 0.6 is 0 Å². The Morgan fingerprint density at radius 3 is 2.67 bits per heavy atom. The number of hydrogen-bond acceptors (Lipinski definition) is 6. The lowest BCUT2D eigenvalue weighted by molar-refractivity contribution is -0.137. The standard InChI is InChI=1S/C15H19N7O2/c1-10-18-11(2)22(19-10)9-14(23)20-5-6-21(15(24)8-20)12-3-4-13(16)17-7-12/h3-4,7H,5-6,8-9H2,1-2H3,(H2,16,17). The van der Waals surface area contributed by atoms with Crippen LogP contribution in [0, 0.1) is 13.8 Å². The average molecular weight is 329 g/mol. The van der Waals surface area contributed by atoms with Crippen molar-refractivity contribution in [2.45, 2.75) is 20.4 Å². The Morgan fingerprint density at radius 2 is 2.08 bits per heavy atom. The van der Waals surface area contributed by atoms with Crippen LogP contribution in [0.5, 0.6) is 0 Å². The fraction of sp³-hybridized carbons (Fsp3) is 0.400. The van der Waals surface area contributed by atoms with Gasteiger partial charge < -0.3 is 15.5 Å². The van der Waals surface area contributed by atoms with Gasteiger partial charge in [0.15, 0.2) is 0 Å². The molecule has 1 aliphatic rings. The Morgan fingerprint density at radius 1 is 1.29 bits per heavy atom. The molecule has 0 aliphatic carbocycles. The monoisotopic (exact) mass is 329 g/mol. The largest absolute Gasteiger partial charge is 0.384 e. The minimum atomic E-state index is -0.147. The first kappa shape index (κ1) is 15.9. The van der Waals surface area contributed by atoms with E-state index in [1.807, 2.05) is 0 Å². The molecule has 1 aliphatic heterocycles. The molecule has 0 unspecified atom stereocenters. The van der Waals surface area contributed by atoms with Crippen molar-refractivity contribution >= 4 is 23.3 Å². The predicted molar refractivity (Wildman–Crippen MR) is 87.1 cm³/mol. The van der Waals surface area contributed by atoms with Crippen molar-refractivity contribution in [1.29, 1.82) is 0 Å². The maximum absolute atomic E-state index is 12.4. The summed E-state index contributed by atoms with van der Waals surface area (Å²) >= 11 is 0. The normalized spacial score (nSPS) is 15.0. The van der Waals surface area contributed by atoms with Crippen LogP contribution in [-0.2, 0) is 16.1 Å². The fourth-order valence-electron chi connectivity index (χ4n) is 2.66. The molecule has 0 radical (unpaired) electrons. The molecule has 2 amide bonds. The Labute approximate surface area is 139 Å². The summed E-state index contributed by atoms with van der Waals surface area (Å²) in [6, 6.07) is 3.40. The van der Waals surface area contributed by atoms with E-state index >= 15 is 0 Å². The van der Waals surface area contributed by atoms with Gasteiger partial charge in [-0.05, 0) is 26.0 Å². The summed E-state index contributed by atoms with van der Waals surface area (Å²) in [6.45, 7) is 4.58. The van der Waals surface area contributed by atoms with Crippen LogP contribution in [0.3, 0.4) is 0 Å². The van der Waals surface area contributed by atoms with Crippen molar-refractivity contribution in [2.24, 2.45) is 0 Å². The van der Waals surface area contributed by atoms with Crippen LogP contribution in [0.4, 0.5) is 11.5 Å². The van der Waals surface area contributed by atoms with Gasteiger partial charge in [0, 0.05) is 13.1 Å². The summed E-state index contributed by atoms with van der Waals surface area (Å²) in [5.41, 5.74) is 6.24. The third-order valence-corrected chi connectivity index (χ3v) is 3.90. The molecule has 2 aromatic heterocycles. The number of hydrogen-bond donors (Lipinski definition) is 1. The molecule has 0 aromatic carbocycles. The van der Waals surface area contributed by atoms with E-state index in [4.69, 9.17) is 5.73 Å². The van der Waals surface area contributed by atoms with Gasteiger partial charge in [-0.3, -0.25) is 9.59 Å². The van der Waals surface area contributed by atoms with Crippen LogP contribution in [0.15, 0.2) is 18.3 Å². The second-order valence-electron chi connectivity index (χ2n) is 5.67. The van der Waals surface area contributed by atoms with Gasteiger partial charge in [-0.1, -0.05) is 0 Å². The van der Waals surface area contributed by atoms with Crippen LogP contribution in [0.2, 0.25) is 0 Å². The minimum absolute atomic E-state index is 0.0376. The number of piperazine rings is 1. The predicted octanol–water partition coefficient (Wildman–Crippen LogP) is -0.252. The summed E-state index contributed by atoms with van der Waals surface area (Å²) in [6.07, 6.45) is 1.56. The number of aromatic nitrogens is 4. The number of aryl methyl sites for hydroxylation is 2. The second kappa shape index (κ2) is 6.26. The lowest BCUT2D eigenvalue weighted by Gasteiger charge is -2.34. The Kier molecular flexibility index (Phi) is 4.15. The first-order valence-corrected chi connectivity index (χ1v) is 7.62. The smallest absolute Gasteiger partial charge is 0.246 e. The maximum atomic E-state index is 12.4. The van der Waals surface area contributed by atoms with Crippen molar-refractivity contribution in [3.05, 3.63) is 30.0 Å². The summed E-state index contributed by atoms with van der Waals surface area (Å²) in [5, 5.41) is 4.18. The van der Waals surface area contributed by atoms with E-state index in [-0.39, 0.29) is 24.9 Å². The lowest BCUT2D eigenvalue weighted by atomic mass is 10.2. The van der Waals surface area contributed by atoms with Crippen molar-refractivity contribution < 1.29 is 9.59 Å². The van der Waals surface area contributed by atoms with E-state index in [0.29, 0.717) is 36.2 Å². The molecule has 126 valence electrons. The van der Waals surface area contributed by atoms with Gasteiger partial charge in [-0.15, -0.1) is 0 Å². The van der Waals surface area contributed by atoms with E-state index in [9.17, 15) is 9.59 Å². The Bertz CT molecular complexity index is 769. The van der Waals surface area contributed by atoms with Crippen LogP contribution in [0.25, 0.3) is 0 Å². The molecule has 0 spiro atoms. The first-order chi connectivity index (χ1) is 11.4. The third-order valence-electron chi connectivity index (χ3n) is 3.90. The highest BCUT2D eigenvalue weighted by atomic mass is 16.2. The molecular weight excluding hydrogens is 310 g/mol. The summed E-state index contributed by atoms with van der Waals surface area (Å²) in [4.78, 5) is 36.1. The van der Waals surface area contributed by atoms with Gasteiger partial charge in [0.2, 0.25) is 11.8 Å². The fourth-order valence-corrected chi connectivity index (χ4v) is 2.66. The highest BCUT2D eigenvalue weighted by Crippen LogP contribution is 2.17. The number of carbonyl (C=O) groups is 2. The van der Waals surface area contributed by atoms with Gasteiger partial charge in [0.1, 0.15) is 30.6 Å². The third kappa shape index (κ3) is 3.19. The minimum Gasteiger partial charge on any atom is -0.384 e. The van der Waals surface area contributed by atoms with Gasteiger partial charge >= 0.3 is 0 Å². The first-order valence-electron chi connectivity index (χ1n) is 7.62. The zero-order valence-corrected chi connectivity index (χ0v) is 13.6. The number of nitrogens with zero attached hydrogens (tertiary/aromatic N) is 6. The maximum Gasteiger partial charge on any atom is 0.246 e. The van der Waals surface area contributed by atoms with E-state index in [1.54, 1.807) is 46.7 Å². The molecule has 0 saturated carbocycles. The Hall–Kier alpha value is -2.97. The van der Waals surface area contributed by atoms with Gasteiger partial charge in [0.25, 0.3) is 0 Å². The molecule has 24 heavy (non-hydrogen) atoms. The molecule has 3 rings (SSSR count). The van der Waals surface area contributed by atoms with Gasteiger partial charge in [-0.2, -0.15) is 5.10 Å². The number of rotatable bonds is 3. The van der Waals surface area contributed by atoms with Crippen molar-refractivity contribution in [1.82, 2.24) is 24.6 Å². The SMILES string of the molecule is Cc1nc(C)n(CC(=O)N2CCN(c3ccc(N)nc3)C(=O)C2)n1. The average Bonchev–Trinajstić information content (AvgIpc) is 2.86. The van der Waals surface area contributed by atoms with Crippen molar-refractivity contribution in [3.63, 3.8) is 0 Å². The molecule has 1 fully saturated rings. The van der Waals surface area contributed by atoms with Crippen LogP contribution in [0.1, 0.15) is 11.6 Å². The summed E-state index contributed by atoms with van der Waals surface area (Å²) in [5.74, 6) is 1.41. The topological polar surface area (TPSA) is 110 Å². The number of nitrogen functional groups attached to an aromatic ring is 1. The zero-order valence-electron chi connectivity index (χ0n) is 13.6. The van der Waals surface area contributed by atoms with E-state index in [2.05, 4.69) is 15.1 Å². The van der Waals surface area contributed by atoms with Gasteiger partial charge in [-0.25, -0.2) is 14.6 Å². The van der Waals surface area contributed by atoms with E-state index in [0.717, 1.165) is 0 Å². The molecule has 9 heteroatoms. The lowest BCUT2D eigenvalue weighted by Crippen LogP contribution is -2.53. The number of pyridine rings is 1. The highest BCUT2D eigenvalue weighted by Gasteiger charge is 2.28. The highest BCUT2D eigenvalue weighted by molar-refractivity contribution is 5.97. The number of anilines is 2. The zero-order chi connectivity index (χ0) is 17.3. The summed E-state index contributed by atoms with van der Waals surface area (Å²) < 4.78 is 1.55. The van der Waals surface area contributed by atoms with Crippen molar-refractivity contribution in [2.75, 3.05) is 30.3 Å².